The van der Waals surface area contributed by atoms with Gasteiger partial charge in [0.05, 0.1) is 17.8 Å². The molecule has 0 saturated heterocycles. The lowest BCUT2D eigenvalue weighted by Gasteiger charge is -2.31. The Morgan fingerprint density at radius 2 is 1.77 bits per heavy atom. The van der Waals surface area contributed by atoms with E-state index < -0.39 is 0 Å². The van der Waals surface area contributed by atoms with Crippen molar-refractivity contribution in [2.24, 2.45) is 0 Å². The Morgan fingerprint density at radius 3 is 2.47 bits per heavy atom. The third kappa shape index (κ3) is 4.01. The van der Waals surface area contributed by atoms with Gasteiger partial charge in [-0.1, -0.05) is 45.0 Å². The molecule has 2 heterocycles. The predicted octanol–water partition coefficient (Wildman–Crippen LogP) is 5.47. The molecule has 0 saturated carbocycles. The molecule has 0 aliphatic carbocycles. The fourth-order valence-corrected chi connectivity index (χ4v) is 3.60. The van der Waals surface area contributed by atoms with Crippen molar-refractivity contribution >= 4 is 23.1 Å². The van der Waals surface area contributed by atoms with Crippen LogP contribution in [0.2, 0.25) is 0 Å². The largest absolute Gasteiger partial charge is 0.489 e. The number of nitrogens with zero attached hydrogens (tertiary/aromatic N) is 2. The van der Waals surface area contributed by atoms with Crippen LogP contribution in [0.5, 0.6) is 5.75 Å². The van der Waals surface area contributed by atoms with E-state index in [1.165, 1.54) is 5.56 Å². The molecule has 0 bridgehead atoms. The van der Waals surface area contributed by atoms with Gasteiger partial charge in [-0.15, -0.1) is 0 Å². The fraction of sp³-hybridized carbons (Fsp3) is 0.280. The molecule has 0 fully saturated rings. The fourth-order valence-electron chi connectivity index (χ4n) is 3.60. The van der Waals surface area contributed by atoms with E-state index in [2.05, 4.69) is 48.1 Å². The standard InChI is InChI=1S/C25H27N3O2/c1-17-7-5-10-22(26-17)28-15-16-30-23-20(8-6-9-21(23)28)24(29)27-19-13-11-18(12-14-19)25(2,3)4/h5-14H,15-16H2,1-4H3,(H,27,29). The first kappa shape index (κ1) is 20.0. The van der Waals surface area contributed by atoms with E-state index in [0.717, 1.165) is 22.9 Å². The van der Waals surface area contributed by atoms with Gasteiger partial charge in [-0.2, -0.15) is 0 Å². The zero-order valence-electron chi connectivity index (χ0n) is 17.9. The molecule has 5 nitrogen and oxygen atoms in total. The van der Waals surface area contributed by atoms with Crippen molar-refractivity contribution in [1.82, 2.24) is 4.98 Å². The van der Waals surface area contributed by atoms with E-state index >= 15 is 0 Å². The van der Waals surface area contributed by atoms with Crippen LogP contribution in [0, 0.1) is 6.92 Å². The van der Waals surface area contributed by atoms with Crippen molar-refractivity contribution in [2.75, 3.05) is 23.4 Å². The molecule has 4 rings (SSSR count). The van der Waals surface area contributed by atoms with Crippen LogP contribution in [0.15, 0.2) is 60.7 Å². The maximum atomic E-state index is 13.0. The maximum Gasteiger partial charge on any atom is 0.259 e. The number of rotatable bonds is 3. The van der Waals surface area contributed by atoms with Gasteiger partial charge < -0.3 is 15.0 Å². The van der Waals surface area contributed by atoms with E-state index in [1.54, 1.807) is 6.07 Å². The Labute approximate surface area is 177 Å². The number of amides is 1. The first-order valence-electron chi connectivity index (χ1n) is 10.2. The number of carbonyl (C=O) groups is 1. The number of hydrogen-bond acceptors (Lipinski definition) is 4. The second-order valence-corrected chi connectivity index (χ2v) is 8.57. The number of carbonyl (C=O) groups excluding carboxylic acids is 1. The summed E-state index contributed by atoms with van der Waals surface area (Å²) < 4.78 is 5.93. The first-order chi connectivity index (χ1) is 14.3. The first-order valence-corrected chi connectivity index (χ1v) is 10.2. The third-order valence-corrected chi connectivity index (χ3v) is 5.25. The van der Waals surface area contributed by atoms with Crippen molar-refractivity contribution in [3.8, 4) is 5.75 Å². The summed E-state index contributed by atoms with van der Waals surface area (Å²) in [7, 11) is 0. The third-order valence-electron chi connectivity index (χ3n) is 5.25. The molecule has 3 aromatic rings. The molecular weight excluding hydrogens is 374 g/mol. The lowest BCUT2D eigenvalue weighted by Crippen LogP contribution is -2.30. The van der Waals surface area contributed by atoms with E-state index in [1.807, 2.05) is 49.4 Å². The lowest BCUT2D eigenvalue weighted by molar-refractivity contribution is 0.102. The number of pyridine rings is 1. The average Bonchev–Trinajstić information content (AvgIpc) is 2.72. The number of aryl methyl sites for hydroxylation is 1. The molecule has 1 aliphatic rings. The van der Waals surface area contributed by atoms with Crippen LogP contribution in [-0.2, 0) is 5.41 Å². The Morgan fingerprint density at radius 1 is 1.03 bits per heavy atom. The summed E-state index contributed by atoms with van der Waals surface area (Å²) in [5.41, 5.74) is 4.39. The number of nitrogens with one attached hydrogen (secondary N) is 1. The summed E-state index contributed by atoms with van der Waals surface area (Å²) in [5.74, 6) is 1.26. The van der Waals surface area contributed by atoms with Gasteiger partial charge in [-0.3, -0.25) is 4.79 Å². The Balaban J connectivity index is 1.61. The predicted molar refractivity (Wildman–Crippen MR) is 121 cm³/mol. The Kier molecular flexibility index (Phi) is 5.20. The minimum Gasteiger partial charge on any atom is -0.489 e. The van der Waals surface area contributed by atoms with Gasteiger partial charge in [0.25, 0.3) is 5.91 Å². The van der Waals surface area contributed by atoms with Gasteiger partial charge in [0.2, 0.25) is 0 Å². The van der Waals surface area contributed by atoms with Crippen LogP contribution in [-0.4, -0.2) is 24.0 Å². The van der Waals surface area contributed by atoms with E-state index in [9.17, 15) is 4.79 Å². The second-order valence-electron chi connectivity index (χ2n) is 8.57. The van der Waals surface area contributed by atoms with Crippen molar-refractivity contribution in [2.45, 2.75) is 33.1 Å². The number of ether oxygens (including phenoxy) is 1. The van der Waals surface area contributed by atoms with Gasteiger partial charge in [0.1, 0.15) is 12.4 Å². The monoisotopic (exact) mass is 401 g/mol. The van der Waals surface area contributed by atoms with Gasteiger partial charge in [0, 0.05) is 11.4 Å². The summed E-state index contributed by atoms with van der Waals surface area (Å²) in [6.45, 7) is 9.66. The number of hydrogen-bond donors (Lipinski definition) is 1. The lowest BCUT2D eigenvalue weighted by atomic mass is 9.87. The Bertz CT molecular complexity index is 1070. The van der Waals surface area contributed by atoms with Crippen molar-refractivity contribution in [3.63, 3.8) is 0 Å². The summed E-state index contributed by atoms with van der Waals surface area (Å²) in [6, 6.07) is 19.6. The van der Waals surface area contributed by atoms with Crippen LogP contribution in [0.25, 0.3) is 0 Å². The summed E-state index contributed by atoms with van der Waals surface area (Å²) in [5, 5.41) is 3.00. The minimum atomic E-state index is -0.186. The quantitative estimate of drug-likeness (QED) is 0.632. The SMILES string of the molecule is Cc1cccc(N2CCOc3c(C(=O)Nc4ccc(C(C)(C)C)cc4)cccc32)n1. The molecule has 0 spiro atoms. The van der Waals surface area contributed by atoms with Gasteiger partial charge in [-0.05, 0) is 54.3 Å². The molecule has 0 atom stereocenters. The highest BCUT2D eigenvalue weighted by molar-refractivity contribution is 6.07. The molecule has 1 aliphatic heterocycles. The number of benzene rings is 2. The van der Waals surface area contributed by atoms with E-state index in [-0.39, 0.29) is 11.3 Å². The van der Waals surface area contributed by atoms with Crippen LogP contribution in [0.3, 0.4) is 0 Å². The van der Waals surface area contributed by atoms with Gasteiger partial charge in [-0.25, -0.2) is 4.98 Å². The summed E-state index contributed by atoms with van der Waals surface area (Å²) in [6.07, 6.45) is 0. The number of anilines is 3. The molecule has 154 valence electrons. The molecule has 1 N–H and O–H groups in total. The van der Waals surface area contributed by atoms with Crippen molar-refractivity contribution in [3.05, 3.63) is 77.5 Å². The molecule has 1 amide bonds. The molecule has 0 radical (unpaired) electrons. The Hall–Kier alpha value is -3.34. The van der Waals surface area contributed by atoms with Crippen LogP contribution in [0.4, 0.5) is 17.2 Å². The highest BCUT2D eigenvalue weighted by Gasteiger charge is 2.25. The topological polar surface area (TPSA) is 54.5 Å². The molecular formula is C25H27N3O2. The summed E-state index contributed by atoms with van der Waals surface area (Å²) >= 11 is 0. The van der Waals surface area contributed by atoms with Gasteiger partial charge >= 0.3 is 0 Å². The highest BCUT2D eigenvalue weighted by Crippen LogP contribution is 2.38. The van der Waals surface area contributed by atoms with Crippen LogP contribution in [0.1, 0.15) is 42.4 Å². The zero-order valence-corrected chi connectivity index (χ0v) is 17.9. The zero-order chi connectivity index (χ0) is 21.3. The van der Waals surface area contributed by atoms with Crippen LogP contribution < -0.4 is 15.0 Å². The van der Waals surface area contributed by atoms with Crippen LogP contribution >= 0.6 is 0 Å². The highest BCUT2D eigenvalue weighted by atomic mass is 16.5. The number of fused-ring (bicyclic) bond motifs is 1. The summed E-state index contributed by atoms with van der Waals surface area (Å²) in [4.78, 5) is 19.8. The number of para-hydroxylation sites is 1. The molecule has 30 heavy (non-hydrogen) atoms. The second kappa shape index (κ2) is 7.82. The smallest absolute Gasteiger partial charge is 0.259 e. The van der Waals surface area contributed by atoms with Crippen molar-refractivity contribution in [1.29, 1.82) is 0 Å². The average molecular weight is 402 g/mol. The van der Waals surface area contributed by atoms with Gasteiger partial charge in [0.15, 0.2) is 5.75 Å². The normalized spacial score (nSPS) is 13.4. The molecule has 1 aromatic heterocycles. The molecule has 2 aromatic carbocycles. The van der Waals surface area contributed by atoms with E-state index in [4.69, 9.17) is 4.74 Å². The minimum absolute atomic E-state index is 0.0716. The van der Waals surface area contributed by atoms with Crippen molar-refractivity contribution < 1.29 is 9.53 Å². The maximum absolute atomic E-state index is 13.0. The molecule has 0 unspecified atom stereocenters. The molecule has 5 heteroatoms. The number of aromatic nitrogens is 1. The van der Waals surface area contributed by atoms with E-state index in [0.29, 0.717) is 24.5 Å².